The quantitative estimate of drug-likeness (QED) is 0.678. The summed E-state index contributed by atoms with van der Waals surface area (Å²) in [5.74, 6) is 0.711. The largest absolute Gasteiger partial charge is 0.340 e. The van der Waals surface area contributed by atoms with Gasteiger partial charge in [0.05, 0.1) is 5.75 Å². The average molecular weight is 391 g/mol. The third kappa shape index (κ3) is 5.28. The molecule has 0 unspecified atom stereocenters. The van der Waals surface area contributed by atoms with E-state index in [1.165, 1.54) is 5.56 Å². The van der Waals surface area contributed by atoms with Gasteiger partial charge in [0, 0.05) is 49.1 Å². The van der Waals surface area contributed by atoms with Gasteiger partial charge in [0.15, 0.2) is 4.34 Å². The molecule has 0 spiro atoms. The molecule has 0 radical (unpaired) electrons. The molecule has 2 aromatic heterocycles. The van der Waals surface area contributed by atoms with E-state index < -0.39 is 0 Å². The van der Waals surface area contributed by atoms with Gasteiger partial charge in [0.1, 0.15) is 0 Å². The number of aromatic nitrogens is 2. The summed E-state index contributed by atoms with van der Waals surface area (Å²) in [6, 6.07) is 4.57. The number of likely N-dealkylation sites (tertiary alicyclic amines) is 1. The second-order valence-electron chi connectivity index (χ2n) is 6.60. The first kappa shape index (κ1) is 19.3. The van der Waals surface area contributed by atoms with Crippen molar-refractivity contribution in [3.8, 4) is 0 Å². The average Bonchev–Trinajstić information content (AvgIpc) is 3.10. The van der Waals surface area contributed by atoms with E-state index in [0.29, 0.717) is 11.8 Å². The molecule has 1 fully saturated rings. The molecule has 3 rings (SSSR count). The van der Waals surface area contributed by atoms with Gasteiger partial charge in [0.2, 0.25) is 5.91 Å². The molecule has 0 aliphatic carbocycles. The zero-order valence-electron chi connectivity index (χ0n) is 15.4. The first-order valence-electron chi connectivity index (χ1n) is 9.11. The monoisotopic (exact) mass is 390 g/mol. The molecule has 1 atom stereocenters. The molecule has 0 N–H and O–H groups in total. The van der Waals surface area contributed by atoms with E-state index in [9.17, 15) is 4.79 Å². The first-order chi connectivity index (χ1) is 12.7. The standard InChI is InChI=1S/C19H26N4OS2/c1-3-22(11-16-6-8-20-9-7-16)17-5-4-10-23(12-17)18(24)14-26-19-21-15(2)13-25-19/h6-9,13,17H,3-5,10-12,14H2,1-2H3/t17-/m0/s1. The Morgan fingerprint density at radius 1 is 1.42 bits per heavy atom. The van der Waals surface area contributed by atoms with Crippen molar-refractivity contribution >= 4 is 29.0 Å². The summed E-state index contributed by atoms with van der Waals surface area (Å²) in [6.45, 7) is 7.79. The molecule has 0 saturated carbocycles. The highest BCUT2D eigenvalue weighted by Gasteiger charge is 2.27. The molecular formula is C19H26N4OS2. The molecule has 0 bridgehead atoms. The van der Waals surface area contributed by atoms with Crippen LogP contribution in [0.4, 0.5) is 0 Å². The Bertz CT molecular complexity index is 707. The van der Waals surface area contributed by atoms with Crippen LogP contribution in [0.2, 0.25) is 0 Å². The number of rotatable bonds is 7. The topological polar surface area (TPSA) is 49.3 Å². The molecule has 7 heteroatoms. The summed E-state index contributed by atoms with van der Waals surface area (Å²) in [4.78, 5) is 25.7. The van der Waals surface area contributed by atoms with E-state index in [1.54, 1.807) is 23.1 Å². The summed E-state index contributed by atoms with van der Waals surface area (Å²) in [5, 5.41) is 2.03. The molecule has 1 aliphatic rings. The number of thiazole rings is 1. The lowest BCUT2D eigenvalue weighted by molar-refractivity contribution is -0.130. The Kier molecular flexibility index (Phi) is 7.05. The van der Waals surface area contributed by atoms with Crippen LogP contribution in [0.1, 0.15) is 31.0 Å². The number of thioether (sulfide) groups is 1. The number of piperidine rings is 1. The van der Waals surface area contributed by atoms with Gasteiger partial charge >= 0.3 is 0 Å². The van der Waals surface area contributed by atoms with Crippen molar-refractivity contribution in [2.75, 3.05) is 25.4 Å². The maximum atomic E-state index is 12.6. The highest BCUT2D eigenvalue weighted by atomic mass is 32.2. The van der Waals surface area contributed by atoms with Crippen LogP contribution in [0, 0.1) is 6.92 Å². The van der Waals surface area contributed by atoms with Crippen molar-refractivity contribution in [3.05, 3.63) is 41.2 Å². The molecule has 5 nitrogen and oxygen atoms in total. The SMILES string of the molecule is CCN(Cc1ccncc1)[C@H]1CCCN(C(=O)CSc2nc(C)cs2)C1. The van der Waals surface area contributed by atoms with Crippen molar-refractivity contribution in [2.24, 2.45) is 0 Å². The molecule has 3 heterocycles. The lowest BCUT2D eigenvalue weighted by atomic mass is 10.0. The Morgan fingerprint density at radius 2 is 2.23 bits per heavy atom. The summed E-state index contributed by atoms with van der Waals surface area (Å²) in [6.07, 6.45) is 5.92. The normalized spacial score (nSPS) is 17.7. The lowest BCUT2D eigenvalue weighted by Crippen LogP contribution is -2.50. The predicted octanol–water partition coefficient (Wildman–Crippen LogP) is 3.45. The summed E-state index contributed by atoms with van der Waals surface area (Å²) < 4.78 is 0.984. The second kappa shape index (κ2) is 9.48. The van der Waals surface area contributed by atoms with Crippen LogP contribution in [-0.4, -0.2) is 57.1 Å². The number of nitrogens with zero attached hydrogens (tertiary/aromatic N) is 4. The van der Waals surface area contributed by atoms with Crippen molar-refractivity contribution in [2.45, 2.75) is 43.6 Å². The number of amides is 1. The van der Waals surface area contributed by atoms with E-state index in [4.69, 9.17) is 0 Å². The fourth-order valence-electron chi connectivity index (χ4n) is 3.31. The van der Waals surface area contributed by atoms with E-state index >= 15 is 0 Å². The lowest BCUT2D eigenvalue weighted by Gasteiger charge is -2.39. The fraction of sp³-hybridized carbons (Fsp3) is 0.526. The van der Waals surface area contributed by atoms with Crippen molar-refractivity contribution in [3.63, 3.8) is 0 Å². The maximum Gasteiger partial charge on any atom is 0.233 e. The zero-order valence-corrected chi connectivity index (χ0v) is 17.1. The number of likely N-dealkylation sites (N-methyl/N-ethyl adjacent to an activating group) is 1. The number of carbonyl (C=O) groups is 1. The van der Waals surface area contributed by atoms with Gasteiger partial charge in [-0.15, -0.1) is 11.3 Å². The van der Waals surface area contributed by atoms with Gasteiger partial charge in [0.25, 0.3) is 0 Å². The maximum absolute atomic E-state index is 12.6. The van der Waals surface area contributed by atoms with Gasteiger partial charge in [-0.25, -0.2) is 4.98 Å². The Labute approximate surface area is 163 Å². The number of pyridine rings is 1. The number of carbonyl (C=O) groups excluding carboxylic acids is 1. The van der Waals surface area contributed by atoms with Gasteiger partial charge in [-0.2, -0.15) is 0 Å². The smallest absolute Gasteiger partial charge is 0.233 e. The van der Waals surface area contributed by atoms with E-state index in [1.807, 2.05) is 29.6 Å². The van der Waals surface area contributed by atoms with Crippen LogP contribution >= 0.6 is 23.1 Å². The Balaban J connectivity index is 1.54. The fourth-order valence-corrected chi connectivity index (χ4v) is 5.07. The predicted molar refractivity (Wildman–Crippen MR) is 107 cm³/mol. The van der Waals surface area contributed by atoms with Crippen molar-refractivity contribution in [1.29, 1.82) is 0 Å². The Hall–Kier alpha value is -1.44. The van der Waals surface area contributed by atoms with Crippen LogP contribution in [0.3, 0.4) is 0 Å². The third-order valence-electron chi connectivity index (χ3n) is 4.72. The van der Waals surface area contributed by atoms with Gasteiger partial charge in [-0.3, -0.25) is 14.7 Å². The van der Waals surface area contributed by atoms with Gasteiger partial charge < -0.3 is 4.90 Å². The van der Waals surface area contributed by atoms with E-state index in [0.717, 1.165) is 49.1 Å². The van der Waals surface area contributed by atoms with Gasteiger partial charge in [-0.1, -0.05) is 18.7 Å². The van der Waals surface area contributed by atoms with Gasteiger partial charge in [-0.05, 0) is 44.0 Å². The highest BCUT2D eigenvalue weighted by Crippen LogP contribution is 2.24. The second-order valence-corrected chi connectivity index (χ2v) is 8.68. The zero-order chi connectivity index (χ0) is 18.4. The van der Waals surface area contributed by atoms with Crippen LogP contribution in [0.5, 0.6) is 0 Å². The first-order valence-corrected chi connectivity index (χ1v) is 11.0. The minimum atomic E-state index is 0.229. The summed E-state index contributed by atoms with van der Waals surface area (Å²) in [5.41, 5.74) is 2.30. The van der Waals surface area contributed by atoms with Crippen LogP contribution in [0.15, 0.2) is 34.2 Å². The number of hydrogen-bond acceptors (Lipinski definition) is 6. The molecule has 1 aliphatic heterocycles. The van der Waals surface area contributed by atoms with Crippen molar-refractivity contribution < 1.29 is 4.79 Å². The minimum Gasteiger partial charge on any atom is -0.340 e. The van der Waals surface area contributed by atoms with Crippen LogP contribution in [-0.2, 0) is 11.3 Å². The third-order valence-corrected chi connectivity index (χ3v) is 6.85. The molecule has 1 saturated heterocycles. The molecule has 1 amide bonds. The number of aryl methyl sites for hydroxylation is 1. The molecule has 140 valence electrons. The van der Waals surface area contributed by atoms with Crippen LogP contribution < -0.4 is 0 Å². The minimum absolute atomic E-state index is 0.229. The van der Waals surface area contributed by atoms with Crippen LogP contribution in [0.25, 0.3) is 0 Å². The molecule has 2 aromatic rings. The molecular weight excluding hydrogens is 364 g/mol. The van der Waals surface area contributed by atoms with E-state index in [-0.39, 0.29) is 5.91 Å². The number of hydrogen-bond donors (Lipinski definition) is 0. The summed E-state index contributed by atoms with van der Waals surface area (Å²) >= 11 is 3.17. The molecule has 0 aromatic carbocycles. The summed E-state index contributed by atoms with van der Waals surface area (Å²) in [7, 11) is 0. The molecule has 26 heavy (non-hydrogen) atoms. The Morgan fingerprint density at radius 3 is 2.92 bits per heavy atom. The van der Waals surface area contributed by atoms with Crippen molar-refractivity contribution in [1.82, 2.24) is 19.8 Å². The van der Waals surface area contributed by atoms with E-state index in [2.05, 4.69) is 33.9 Å². The highest BCUT2D eigenvalue weighted by molar-refractivity contribution is 8.01.